The van der Waals surface area contributed by atoms with Gasteiger partial charge < -0.3 is 10.1 Å². The predicted octanol–water partition coefficient (Wildman–Crippen LogP) is 3.28. The first-order valence-corrected chi connectivity index (χ1v) is 12.3. The zero-order valence-electron chi connectivity index (χ0n) is 19.2. The van der Waals surface area contributed by atoms with Crippen molar-refractivity contribution in [1.82, 2.24) is 9.80 Å². The molecule has 2 aliphatic heterocycles. The Balaban J connectivity index is 1.42. The van der Waals surface area contributed by atoms with Crippen molar-refractivity contribution in [3.8, 4) is 0 Å². The molecule has 0 unspecified atom stereocenters. The topological polar surface area (TPSA) is 117 Å². The van der Waals surface area contributed by atoms with Gasteiger partial charge in [0, 0.05) is 50.4 Å². The normalized spacial score (nSPS) is 19.8. The van der Waals surface area contributed by atoms with Crippen molar-refractivity contribution < 1.29 is 19.2 Å². The lowest BCUT2D eigenvalue weighted by Gasteiger charge is -2.27. The number of nitrogens with zero attached hydrogens (tertiary/aromatic N) is 4. The van der Waals surface area contributed by atoms with Crippen molar-refractivity contribution in [2.75, 3.05) is 44.7 Å². The molecule has 35 heavy (non-hydrogen) atoms. The van der Waals surface area contributed by atoms with Crippen LogP contribution in [0.25, 0.3) is 0 Å². The highest BCUT2D eigenvalue weighted by atomic mass is 32.2. The average Bonchev–Trinajstić information content (AvgIpc) is 3.14. The number of benzene rings is 2. The number of hydrogen-bond donors (Lipinski definition) is 1. The molecular weight excluding hydrogens is 470 g/mol. The number of non-ortho nitro benzene ring substituents is 1. The van der Waals surface area contributed by atoms with Gasteiger partial charge in [-0.3, -0.25) is 29.5 Å². The zero-order valence-corrected chi connectivity index (χ0v) is 20.0. The second-order valence-corrected chi connectivity index (χ2v) is 9.36. The van der Waals surface area contributed by atoms with Crippen molar-refractivity contribution in [2.24, 2.45) is 4.99 Å². The number of nitro groups is 1. The number of carbonyl (C=O) groups excluding carboxylic acids is 2. The number of aliphatic imine (C=N–C) groups is 1. The number of rotatable bonds is 9. The molecule has 2 fully saturated rings. The van der Waals surface area contributed by atoms with Crippen molar-refractivity contribution in [3.05, 3.63) is 64.7 Å². The Morgan fingerprint density at radius 3 is 2.66 bits per heavy atom. The summed E-state index contributed by atoms with van der Waals surface area (Å²) in [5.74, 6) is -0.536. The minimum absolute atomic E-state index is 0.0556. The highest BCUT2D eigenvalue weighted by Crippen LogP contribution is 2.32. The standard InChI is InChI=1S/C24H27N5O5S/c30-22(25-19-8-4-9-20(16-19)29(32)33)17-21-23(31)28(11-5-10-27-12-14-34-15-13-27)24(35-21)26-18-6-2-1-3-7-18/h1-4,6-9,16,21H,5,10-15,17H2,(H,25,30)/t21-/m1/s1. The number of amides is 2. The van der Waals surface area contributed by atoms with Gasteiger partial charge in [-0.1, -0.05) is 36.0 Å². The molecular formula is C24H27N5O5S. The maximum atomic E-state index is 13.2. The van der Waals surface area contributed by atoms with E-state index in [4.69, 9.17) is 4.74 Å². The molecule has 0 bridgehead atoms. The van der Waals surface area contributed by atoms with E-state index in [2.05, 4.69) is 15.2 Å². The fraction of sp³-hybridized carbons (Fsp3) is 0.375. The molecule has 11 heteroatoms. The summed E-state index contributed by atoms with van der Waals surface area (Å²) in [6, 6.07) is 15.1. The molecule has 10 nitrogen and oxygen atoms in total. The molecule has 4 rings (SSSR count). The zero-order chi connectivity index (χ0) is 24.6. The van der Waals surface area contributed by atoms with E-state index in [1.165, 1.54) is 30.0 Å². The van der Waals surface area contributed by atoms with E-state index in [1.807, 2.05) is 30.3 Å². The van der Waals surface area contributed by atoms with Crippen molar-refractivity contribution in [3.63, 3.8) is 0 Å². The summed E-state index contributed by atoms with van der Waals surface area (Å²) in [6.07, 6.45) is 0.729. The van der Waals surface area contributed by atoms with Gasteiger partial charge in [-0.2, -0.15) is 0 Å². The van der Waals surface area contributed by atoms with Crippen LogP contribution in [0.3, 0.4) is 0 Å². The van der Waals surface area contributed by atoms with Crippen LogP contribution in [0.1, 0.15) is 12.8 Å². The number of anilines is 1. The molecule has 0 spiro atoms. The smallest absolute Gasteiger partial charge is 0.271 e. The third-order valence-corrected chi connectivity index (χ3v) is 6.85. The van der Waals surface area contributed by atoms with Crippen molar-refractivity contribution in [2.45, 2.75) is 18.1 Å². The van der Waals surface area contributed by atoms with E-state index < -0.39 is 10.2 Å². The van der Waals surface area contributed by atoms with E-state index >= 15 is 0 Å². The molecule has 2 aromatic rings. The lowest BCUT2D eigenvalue weighted by atomic mass is 10.2. The van der Waals surface area contributed by atoms with E-state index in [0.717, 1.165) is 45.0 Å². The maximum Gasteiger partial charge on any atom is 0.271 e. The van der Waals surface area contributed by atoms with Gasteiger partial charge in [-0.05, 0) is 24.6 Å². The molecule has 2 heterocycles. The van der Waals surface area contributed by atoms with Crippen LogP contribution in [-0.2, 0) is 14.3 Å². The molecule has 1 N–H and O–H groups in total. The Bertz CT molecular complexity index is 1090. The van der Waals surface area contributed by atoms with Gasteiger partial charge >= 0.3 is 0 Å². The molecule has 2 aliphatic rings. The van der Waals surface area contributed by atoms with Gasteiger partial charge in [0.05, 0.1) is 23.8 Å². The number of ether oxygens (including phenoxy) is 1. The largest absolute Gasteiger partial charge is 0.379 e. The summed E-state index contributed by atoms with van der Waals surface area (Å²) in [7, 11) is 0. The molecule has 184 valence electrons. The molecule has 2 saturated heterocycles. The van der Waals surface area contributed by atoms with Crippen molar-refractivity contribution >= 4 is 45.8 Å². The number of thioether (sulfide) groups is 1. The SMILES string of the molecule is O=C(C[C@H]1SC(=Nc2ccccc2)N(CCCN2CCOCC2)C1=O)Nc1cccc([N+](=O)[O-])c1. The molecule has 2 amide bonds. The highest BCUT2D eigenvalue weighted by molar-refractivity contribution is 8.15. The predicted molar refractivity (Wildman–Crippen MR) is 135 cm³/mol. The highest BCUT2D eigenvalue weighted by Gasteiger charge is 2.39. The van der Waals surface area contributed by atoms with Gasteiger partial charge in [-0.15, -0.1) is 0 Å². The van der Waals surface area contributed by atoms with Crippen LogP contribution in [-0.4, -0.2) is 76.3 Å². The minimum atomic E-state index is -0.612. The summed E-state index contributed by atoms with van der Waals surface area (Å²) < 4.78 is 5.39. The fourth-order valence-corrected chi connectivity index (χ4v) is 5.08. The lowest BCUT2D eigenvalue weighted by Crippen LogP contribution is -2.39. The molecule has 0 radical (unpaired) electrons. The van der Waals surface area contributed by atoms with Gasteiger partial charge in [0.2, 0.25) is 11.8 Å². The third kappa shape index (κ3) is 6.87. The van der Waals surface area contributed by atoms with Gasteiger partial charge in [0.15, 0.2) is 5.17 Å². The van der Waals surface area contributed by atoms with Crippen LogP contribution in [0.4, 0.5) is 17.1 Å². The Labute approximate surface area is 207 Å². The van der Waals surface area contributed by atoms with E-state index in [-0.39, 0.29) is 23.9 Å². The maximum absolute atomic E-state index is 13.2. The van der Waals surface area contributed by atoms with E-state index in [1.54, 1.807) is 11.0 Å². The lowest BCUT2D eigenvalue weighted by molar-refractivity contribution is -0.384. The summed E-state index contributed by atoms with van der Waals surface area (Å²) in [4.78, 5) is 45.0. The van der Waals surface area contributed by atoms with Gasteiger partial charge in [0.25, 0.3) is 5.69 Å². The third-order valence-electron chi connectivity index (χ3n) is 5.67. The number of carbonyl (C=O) groups is 2. The van der Waals surface area contributed by atoms with E-state index in [9.17, 15) is 19.7 Å². The summed E-state index contributed by atoms with van der Waals surface area (Å²) >= 11 is 1.28. The molecule has 0 aromatic heterocycles. The Kier molecular flexibility index (Phi) is 8.45. The molecule has 0 aliphatic carbocycles. The van der Waals surface area contributed by atoms with Crippen LogP contribution in [0.15, 0.2) is 59.6 Å². The van der Waals surface area contributed by atoms with Gasteiger partial charge in [0.1, 0.15) is 5.25 Å². The van der Waals surface area contributed by atoms with Crippen LogP contribution >= 0.6 is 11.8 Å². The first-order chi connectivity index (χ1) is 17.0. The van der Waals surface area contributed by atoms with Crippen LogP contribution in [0.2, 0.25) is 0 Å². The van der Waals surface area contributed by atoms with Crippen LogP contribution in [0, 0.1) is 10.1 Å². The number of nitro benzene ring substituents is 1. The summed E-state index contributed by atoms with van der Waals surface area (Å²) in [5.41, 5.74) is 0.945. The number of amidine groups is 1. The average molecular weight is 498 g/mol. The number of para-hydroxylation sites is 1. The Morgan fingerprint density at radius 1 is 1.14 bits per heavy atom. The molecule has 2 aromatic carbocycles. The fourth-order valence-electron chi connectivity index (χ4n) is 3.90. The van der Waals surface area contributed by atoms with E-state index in [0.29, 0.717) is 17.4 Å². The number of morpholine rings is 1. The van der Waals surface area contributed by atoms with Crippen LogP contribution < -0.4 is 5.32 Å². The Morgan fingerprint density at radius 2 is 1.91 bits per heavy atom. The monoisotopic (exact) mass is 497 g/mol. The number of hydrogen-bond acceptors (Lipinski definition) is 8. The van der Waals surface area contributed by atoms with Gasteiger partial charge in [-0.25, -0.2) is 4.99 Å². The molecule has 1 atom stereocenters. The Hall–Kier alpha value is -3.28. The quantitative estimate of drug-likeness (QED) is 0.417. The summed E-state index contributed by atoms with van der Waals surface area (Å²) in [5, 5.41) is 13.6. The minimum Gasteiger partial charge on any atom is -0.379 e. The van der Waals surface area contributed by atoms with Crippen LogP contribution in [0.5, 0.6) is 0 Å². The second kappa shape index (κ2) is 11.9. The first-order valence-electron chi connectivity index (χ1n) is 11.5. The number of nitrogens with one attached hydrogen (secondary N) is 1. The summed E-state index contributed by atoms with van der Waals surface area (Å²) in [6.45, 7) is 4.58. The molecule has 0 saturated carbocycles. The van der Waals surface area contributed by atoms with Crippen molar-refractivity contribution in [1.29, 1.82) is 0 Å². The second-order valence-electron chi connectivity index (χ2n) is 8.19. The first kappa shape index (κ1) is 24.8.